The Hall–Kier alpha value is -5.75. The minimum Gasteiger partial charge on any atom is -0.468 e. The first kappa shape index (κ1) is 44.7. The smallest absolute Gasteiger partial charge is 0.293 e. The van der Waals surface area contributed by atoms with Crippen molar-refractivity contribution in [3.63, 3.8) is 0 Å². The number of fused-ring (bicyclic) bond motifs is 3. The van der Waals surface area contributed by atoms with Crippen LogP contribution in [0.4, 0.5) is 28.4 Å². The molecule has 2 aliphatic carbocycles. The lowest BCUT2D eigenvalue weighted by molar-refractivity contribution is -0.384. The number of H-pyrrole nitrogens is 1. The van der Waals surface area contributed by atoms with Crippen LogP contribution in [-0.2, 0) is 14.8 Å². The number of hydrogen-bond donors (Lipinski definition) is 4. The Morgan fingerprint density at radius 3 is 2.59 bits per heavy atom. The lowest BCUT2D eigenvalue weighted by atomic mass is 9.60. The summed E-state index contributed by atoms with van der Waals surface area (Å²) in [5.41, 5.74) is 4.92. The number of carbonyl (C=O) groups is 1. The Kier molecular flexibility index (Phi) is 11.2. The predicted molar refractivity (Wildman–Crippen MR) is 259 cm³/mol. The number of amides is 1. The van der Waals surface area contributed by atoms with Crippen molar-refractivity contribution in [3.05, 3.63) is 106 Å². The van der Waals surface area contributed by atoms with E-state index < -0.39 is 43.1 Å². The quantitative estimate of drug-likeness (QED) is 0.0692. The number of likely N-dealkylation sites (tertiary alicyclic amines) is 1. The predicted octanol–water partition coefficient (Wildman–Crippen LogP) is 8.17. The van der Waals surface area contributed by atoms with Crippen LogP contribution in [0.5, 0.6) is 5.88 Å². The minimum atomic E-state index is -4.61. The highest BCUT2D eigenvalue weighted by molar-refractivity contribution is 7.90. The molecule has 358 valence electrons. The Morgan fingerprint density at radius 1 is 1.01 bits per heavy atom. The highest BCUT2D eigenvalue weighted by Gasteiger charge is 2.55. The fourth-order valence-electron chi connectivity index (χ4n) is 12.1. The number of aromatic amines is 1. The van der Waals surface area contributed by atoms with Gasteiger partial charge < -0.3 is 34.7 Å². The molecule has 1 spiro atoms. The molecule has 3 aromatic carbocycles. The van der Waals surface area contributed by atoms with E-state index in [1.807, 2.05) is 36.1 Å². The number of pyridine rings is 1. The first-order valence-electron chi connectivity index (χ1n) is 24.2. The highest BCUT2D eigenvalue weighted by Crippen LogP contribution is 2.55. The molecule has 4 N–H and O–H groups in total. The Balaban J connectivity index is 0.865. The molecule has 68 heavy (non-hydrogen) atoms. The number of nitro benzene ring substituents is 1. The van der Waals surface area contributed by atoms with E-state index in [-0.39, 0.29) is 28.6 Å². The summed E-state index contributed by atoms with van der Waals surface area (Å²) in [7, 11) is -4.61. The molecule has 6 heterocycles. The molecule has 3 saturated heterocycles. The van der Waals surface area contributed by atoms with Gasteiger partial charge in [0.05, 0.1) is 45.9 Å². The summed E-state index contributed by atoms with van der Waals surface area (Å²) in [6, 6.07) is 22.6. The maximum absolute atomic E-state index is 14.6. The summed E-state index contributed by atoms with van der Waals surface area (Å²) in [5, 5.41) is 26.7. The third kappa shape index (κ3) is 8.13. The van der Waals surface area contributed by atoms with Crippen molar-refractivity contribution in [3.8, 4) is 5.88 Å². The number of hydrogen-bond acceptors (Lipinski definition) is 13. The number of sulfonamides is 1. The zero-order valence-corrected chi connectivity index (χ0v) is 39.6. The van der Waals surface area contributed by atoms with Gasteiger partial charge in [-0.1, -0.05) is 38.1 Å². The van der Waals surface area contributed by atoms with Crippen LogP contribution in [-0.4, -0.2) is 102 Å². The van der Waals surface area contributed by atoms with Crippen molar-refractivity contribution in [1.82, 2.24) is 19.6 Å². The number of rotatable bonds is 12. The number of aromatic nitrogens is 2. The van der Waals surface area contributed by atoms with Crippen LogP contribution in [0.3, 0.4) is 0 Å². The van der Waals surface area contributed by atoms with E-state index in [1.165, 1.54) is 36.1 Å². The van der Waals surface area contributed by atoms with Crippen LogP contribution < -0.4 is 24.6 Å². The van der Waals surface area contributed by atoms with Crippen molar-refractivity contribution >= 4 is 55.4 Å². The average molecular weight is 945 g/mol. The molecule has 2 aromatic heterocycles. The van der Waals surface area contributed by atoms with E-state index in [0.29, 0.717) is 73.5 Å². The molecule has 1 amide bonds. The number of benzene rings is 3. The average Bonchev–Trinajstić information content (AvgIpc) is 4.08. The van der Waals surface area contributed by atoms with Gasteiger partial charge in [-0.25, -0.2) is 13.1 Å². The minimum absolute atomic E-state index is 0.102. The molecule has 2 saturated carbocycles. The van der Waals surface area contributed by atoms with Crippen molar-refractivity contribution in [1.29, 1.82) is 0 Å². The summed E-state index contributed by atoms with van der Waals surface area (Å²) >= 11 is 0. The third-order valence-corrected chi connectivity index (χ3v) is 17.1. The van der Waals surface area contributed by atoms with E-state index in [4.69, 9.17) is 14.5 Å². The van der Waals surface area contributed by atoms with Gasteiger partial charge in [0.15, 0.2) is 0 Å². The molecule has 5 aromatic rings. The fourth-order valence-corrected chi connectivity index (χ4v) is 13.1. The van der Waals surface area contributed by atoms with E-state index in [9.17, 15) is 28.4 Å². The molecule has 17 heteroatoms. The molecule has 6 aliphatic rings. The van der Waals surface area contributed by atoms with Crippen molar-refractivity contribution < 1.29 is 32.7 Å². The molecule has 5 fully saturated rings. The second kappa shape index (κ2) is 17.0. The number of aliphatic hydroxyl groups is 1. The van der Waals surface area contributed by atoms with Gasteiger partial charge in [-0.05, 0) is 130 Å². The van der Waals surface area contributed by atoms with Gasteiger partial charge in [0.2, 0.25) is 5.88 Å². The van der Waals surface area contributed by atoms with Crippen LogP contribution in [0.25, 0.3) is 11.0 Å². The van der Waals surface area contributed by atoms with Crippen molar-refractivity contribution in [2.45, 2.75) is 113 Å². The van der Waals surface area contributed by atoms with Crippen molar-refractivity contribution in [2.24, 2.45) is 11.3 Å². The molecule has 11 rings (SSSR count). The van der Waals surface area contributed by atoms with Gasteiger partial charge in [0.1, 0.15) is 23.1 Å². The molecular weight excluding hydrogens is 885 g/mol. The molecule has 16 nitrogen and oxygen atoms in total. The Bertz CT molecular complexity index is 2880. The van der Waals surface area contributed by atoms with Crippen molar-refractivity contribution in [2.75, 3.05) is 54.5 Å². The normalized spacial score (nSPS) is 25.7. The van der Waals surface area contributed by atoms with Gasteiger partial charge in [0, 0.05) is 60.5 Å². The van der Waals surface area contributed by atoms with Crippen LogP contribution >= 0.6 is 0 Å². The standard InChI is InChI=1S/C51H60N8O8S/c1-31(2)37-7-4-5-8-38(37)41-9-6-20-57(41)35-24-51(25-35)29-56(30-51)34-10-12-39(42(22-34)58-44-21-33-16-19-52-47(33)54-49(44)67-46-28-66-27-45(46)58)48(60)55-68(64,65)36-11-13-40(43(23-36)59(62)63)53-26-32-14-17-50(3,61)18-15-32/h4-5,7-8,10-13,16,19,21-23,31-32,35,41,45-46,53,61H,6,9,14-15,17-18,20,24-30H2,1-3H3,(H,52,54)(H,55,60)/t32?,41-,45+,46+,50?/m0/s1. The summed E-state index contributed by atoms with van der Waals surface area (Å²) in [6.07, 6.45) is 8.84. The number of carbonyl (C=O) groups excluding carboxylic acids is 1. The summed E-state index contributed by atoms with van der Waals surface area (Å²) in [4.78, 5) is 40.9. The molecular formula is C51H60N8O8S. The van der Waals surface area contributed by atoms with Gasteiger partial charge in [-0.2, -0.15) is 4.98 Å². The van der Waals surface area contributed by atoms with Gasteiger partial charge in [-0.15, -0.1) is 0 Å². The Labute approximate surface area is 396 Å². The topological polar surface area (TPSA) is 196 Å². The van der Waals surface area contributed by atoms with Crippen LogP contribution in [0.1, 0.15) is 106 Å². The zero-order chi connectivity index (χ0) is 47.1. The fraction of sp³-hybridized carbons (Fsp3) is 0.490. The third-order valence-electron chi connectivity index (χ3n) is 15.8. The van der Waals surface area contributed by atoms with E-state index >= 15 is 0 Å². The van der Waals surface area contributed by atoms with Gasteiger partial charge in [0.25, 0.3) is 21.6 Å². The number of anilines is 4. The second-order valence-electron chi connectivity index (χ2n) is 20.9. The SMILES string of the molecule is CC(C)c1ccccc1[C@@H]1CCCN1C1CC2(C1)CN(c1ccc(C(=O)NS(=O)(=O)c3ccc(NCC4CCC(C)(O)CC4)c([N+](=O)[O-])c3)c(N3c4cc5cc[nH]c5nc4O[C@@H]4COC[C@H]43)c1)C2. The summed E-state index contributed by atoms with van der Waals surface area (Å²) < 4.78 is 42.8. The summed E-state index contributed by atoms with van der Waals surface area (Å²) in [6.45, 7) is 10.3. The summed E-state index contributed by atoms with van der Waals surface area (Å²) in [5.74, 6) is 0.156. The molecule has 3 atom stereocenters. The molecule has 0 bridgehead atoms. The monoisotopic (exact) mass is 944 g/mol. The first-order chi connectivity index (χ1) is 32.6. The lowest BCUT2D eigenvalue weighted by Crippen LogP contribution is -2.66. The van der Waals surface area contributed by atoms with E-state index in [2.05, 4.69) is 62.9 Å². The maximum atomic E-state index is 14.6. The molecule has 4 aliphatic heterocycles. The highest BCUT2D eigenvalue weighted by atomic mass is 32.2. The second-order valence-corrected chi connectivity index (χ2v) is 22.5. The lowest BCUT2D eigenvalue weighted by Gasteiger charge is -2.62. The van der Waals surface area contributed by atoms with E-state index in [1.54, 1.807) is 12.3 Å². The number of nitro groups is 1. The number of nitrogens with zero attached hydrogens (tertiary/aromatic N) is 5. The number of ether oxygens (including phenoxy) is 2. The largest absolute Gasteiger partial charge is 0.468 e. The van der Waals surface area contributed by atoms with E-state index in [0.717, 1.165) is 62.5 Å². The number of nitrogens with one attached hydrogen (secondary N) is 3. The van der Waals surface area contributed by atoms with Crippen LogP contribution in [0.2, 0.25) is 0 Å². The first-order valence-corrected chi connectivity index (χ1v) is 25.7. The van der Waals surface area contributed by atoms with Crippen LogP contribution in [0, 0.1) is 21.4 Å². The molecule has 0 unspecified atom stereocenters. The maximum Gasteiger partial charge on any atom is 0.293 e. The zero-order valence-electron chi connectivity index (χ0n) is 38.8. The molecule has 0 radical (unpaired) electrons. The van der Waals surface area contributed by atoms with Gasteiger partial charge >= 0.3 is 0 Å². The van der Waals surface area contributed by atoms with Gasteiger partial charge in [-0.3, -0.25) is 19.8 Å². The van der Waals surface area contributed by atoms with Crippen LogP contribution in [0.15, 0.2) is 83.9 Å². The Morgan fingerprint density at radius 2 is 1.81 bits per heavy atom.